The smallest absolute Gasteiger partial charge is 0.253 e. The highest BCUT2D eigenvalue weighted by Gasteiger charge is 2.41. The number of hydrogen-bond donors (Lipinski definition) is 0. The van der Waals surface area contributed by atoms with Crippen LogP contribution in [0.3, 0.4) is 0 Å². The van der Waals surface area contributed by atoms with E-state index in [0.29, 0.717) is 19.6 Å². The van der Waals surface area contributed by atoms with Crippen LogP contribution in [0.15, 0.2) is 12.4 Å². The van der Waals surface area contributed by atoms with E-state index in [1.807, 2.05) is 22.7 Å². The standard InChI is InChI=1S/C11H17F2N3/c1-9-7-16(5-3-11(9,12)13)8-10-14-4-6-15(10)2/h4,6,9H,3,5,7-8H2,1-2H3. The van der Waals surface area contributed by atoms with Crippen LogP contribution in [0.5, 0.6) is 0 Å². The van der Waals surface area contributed by atoms with Gasteiger partial charge in [-0.1, -0.05) is 6.92 Å². The van der Waals surface area contributed by atoms with E-state index < -0.39 is 11.8 Å². The molecule has 0 bridgehead atoms. The number of alkyl halides is 2. The number of imidazole rings is 1. The van der Waals surface area contributed by atoms with Crippen LogP contribution in [0.2, 0.25) is 0 Å². The zero-order valence-electron chi connectivity index (χ0n) is 9.66. The Kier molecular flexibility index (Phi) is 2.97. The van der Waals surface area contributed by atoms with E-state index in [9.17, 15) is 8.78 Å². The number of rotatable bonds is 2. The second-order valence-electron chi connectivity index (χ2n) is 4.60. The Labute approximate surface area is 94.1 Å². The fourth-order valence-corrected chi connectivity index (χ4v) is 2.06. The van der Waals surface area contributed by atoms with Crippen LogP contribution in [0.1, 0.15) is 19.2 Å². The summed E-state index contributed by atoms with van der Waals surface area (Å²) in [6.07, 6.45) is 3.56. The van der Waals surface area contributed by atoms with E-state index in [1.54, 1.807) is 13.1 Å². The minimum atomic E-state index is -2.50. The number of aryl methyl sites for hydroxylation is 1. The van der Waals surface area contributed by atoms with E-state index in [-0.39, 0.29) is 6.42 Å². The molecule has 1 atom stereocenters. The molecule has 1 saturated heterocycles. The van der Waals surface area contributed by atoms with Crippen LogP contribution in [-0.2, 0) is 13.6 Å². The second kappa shape index (κ2) is 4.13. The maximum Gasteiger partial charge on any atom is 0.253 e. The van der Waals surface area contributed by atoms with Crippen molar-refractivity contribution in [2.24, 2.45) is 13.0 Å². The van der Waals surface area contributed by atoms with Gasteiger partial charge in [0.1, 0.15) is 5.82 Å². The maximum atomic E-state index is 13.3. The number of aromatic nitrogens is 2. The van der Waals surface area contributed by atoms with Gasteiger partial charge in [0.25, 0.3) is 5.92 Å². The van der Waals surface area contributed by atoms with Crippen molar-refractivity contribution in [1.29, 1.82) is 0 Å². The van der Waals surface area contributed by atoms with Crippen molar-refractivity contribution in [3.63, 3.8) is 0 Å². The molecule has 0 saturated carbocycles. The van der Waals surface area contributed by atoms with Crippen molar-refractivity contribution in [1.82, 2.24) is 14.5 Å². The normalized spacial score (nSPS) is 25.9. The highest BCUT2D eigenvalue weighted by atomic mass is 19.3. The van der Waals surface area contributed by atoms with Crippen LogP contribution < -0.4 is 0 Å². The first kappa shape index (κ1) is 11.5. The lowest BCUT2D eigenvalue weighted by molar-refractivity contribution is -0.101. The van der Waals surface area contributed by atoms with Gasteiger partial charge in [-0.05, 0) is 0 Å². The minimum absolute atomic E-state index is 0.0431. The van der Waals surface area contributed by atoms with Crippen molar-refractivity contribution < 1.29 is 8.78 Å². The highest BCUT2D eigenvalue weighted by Crippen LogP contribution is 2.33. The predicted octanol–water partition coefficient (Wildman–Crippen LogP) is 1.90. The molecule has 1 unspecified atom stereocenters. The zero-order chi connectivity index (χ0) is 11.8. The van der Waals surface area contributed by atoms with Gasteiger partial charge in [0.2, 0.25) is 0 Å². The van der Waals surface area contributed by atoms with Crippen LogP contribution in [0.25, 0.3) is 0 Å². The van der Waals surface area contributed by atoms with Crippen LogP contribution in [0, 0.1) is 5.92 Å². The number of nitrogens with zero attached hydrogens (tertiary/aromatic N) is 3. The predicted molar refractivity (Wildman–Crippen MR) is 57.2 cm³/mol. The maximum absolute atomic E-state index is 13.3. The Morgan fingerprint density at radius 3 is 2.88 bits per heavy atom. The Morgan fingerprint density at radius 2 is 2.31 bits per heavy atom. The van der Waals surface area contributed by atoms with Crippen molar-refractivity contribution in [2.45, 2.75) is 25.8 Å². The summed E-state index contributed by atoms with van der Waals surface area (Å²) < 4.78 is 28.5. The summed E-state index contributed by atoms with van der Waals surface area (Å²) in [7, 11) is 1.92. The second-order valence-corrected chi connectivity index (χ2v) is 4.60. The molecular formula is C11H17F2N3. The van der Waals surface area contributed by atoms with Gasteiger partial charge in [-0.3, -0.25) is 4.90 Å². The van der Waals surface area contributed by atoms with E-state index in [4.69, 9.17) is 0 Å². The fourth-order valence-electron chi connectivity index (χ4n) is 2.06. The Bertz CT molecular complexity index is 362. The number of piperidine rings is 1. The molecule has 1 aromatic heterocycles. The Hall–Kier alpha value is -0.970. The molecule has 1 aliphatic rings. The molecule has 1 aliphatic heterocycles. The van der Waals surface area contributed by atoms with E-state index in [0.717, 1.165) is 5.82 Å². The monoisotopic (exact) mass is 229 g/mol. The number of halogens is 2. The SMILES string of the molecule is CC1CN(Cc2nccn2C)CCC1(F)F. The summed E-state index contributed by atoms with van der Waals surface area (Å²) in [5.74, 6) is -2.14. The van der Waals surface area contributed by atoms with Gasteiger partial charge in [-0.2, -0.15) is 0 Å². The molecule has 2 heterocycles. The van der Waals surface area contributed by atoms with Crippen molar-refractivity contribution in [3.05, 3.63) is 18.2 Å². The largest absolute Gasteiger partial charge is 0.337 e. The van der Waals surface area contributed by atoms with Gasteiger partial charge >= 0.3 is 0 Å². The first-order chi connectivity index (χ1) is 7.49. The molecule has 90 valence electrons. The average molecular weight is 229 g/mol. The lowest BCUT2D eigenvalue weighted by atomic mass is 9.95. The molecule has 16 heavy (non-hydrogen) atoms. The van der Waals surface area contributed by atoms with Gasteiger partial charge in [0, 0.05) is 44.9 Å². The number of hydrogen-bond acceptors (Lipinski definition) is 2. The van der Waals surface area contributed by atoms with Crippen LogP contribution >= 0.6 is 0 Å². The first-order valence-corrected chi connectivity index (χ1v) is 5.55. The molecule has 0 aromatic carbocycles. The molecular weight excluding hydrogens is 212 g/mol. The first-order valence-electron chi connectivity index (χ1n) is 5.55. The van der Waals surface area contributed by atoms with Gasteiger partial charge in [-0.15, -0.1) is 0 Å². The van der Waals surface area contributed by atoms with Crippen molar-refractivity contribution in [3.8, 4) is 0 Å². The zero-order valence-corrected chi connectivity index (χ0v) is 9.66. The summed E-state index contributed by atoms with van der Waals surface area (Å²) >= 11 is 0. The summed E-state index contributed by atoms with van der Waals surface area (Å²) in [6.45, 7) is 3.17. The molecule has 0 radical (unpaired) electrons. The summed E-state index contributed by atoms with van der Waals surface area (Å²) in [5.41, 5.74) is 0. The van der Waals surface area contributed by atoms with Crippen LogP contribution in [-0.4, -0.2) is 33.5 Å². The van der Waals surface area contributed by atoms with E-state index >= 15 is 0 Å². The summed E-state index contributed by atoms with van der Waals surface area (Å²) in [6, 6.07) is 0. The van der Waals surface area contributed by atoms with Gasteiger partial charge in [-0.25, -0.2) is 13.8 Å². The molecule has 2 rings (SSSR count). The van der Waals surface area contributed by atoms with Crippen LogP contribution in [0.4, 0.5) is 8.78 Å². The molecule has 0 aliphatic carbocycles. The molecule has 3 nitrogen and oxygen atoms in total. The van der Waals surface area contributed by atoms with Gasteiger partial charge in [0.15, 0.2) is 0 Å². The molecule has 5 heteroatoms. The summed E-state index contributed by atoms with van der Waals surface area (Å²) in [4.78, 5) is 6.25. The molecule has 0 amide bonds. The fraction of sp³-hybridized carbons (Fsp3) is 0.727. The van der Waals surface area contributed by atoms with E-state index in [1.165, 1.54) is 0 Å². The molecule has 0 N–H and O–H groups in total. The minimum Gasteiger partial charge on any atom is -0.337 e. The third-order valence-corrected chi connectivity index (χ3v) is 3.30. The molecule has 1 fully saturated rings. The third kappa shape index (κ3) is 2.24. The number of likely N-dealkylation sites (tertiary alicyclic amines) is 1. The lowest BCUT2D eigenvalue weighted by Crippen LogP contribution is -2.45. The molecule has 1 aromatic rings. The van der Waals surface area contributed by atoms with Gasteiger partial charge < -0.3 is 4.57 Å². The van der Waals surface area contributed by atoms with E-state index in [2.05, 4.69) is 4.98 Å². The quantitative estimate of drug-likeness (QED) is 0.772. The topological polar surface area (TPSA) is 21.1 Å². The average Bonchev–Trinajstić information content (AvgIpc) is 2.59. The van der Waals surface area contributed by atoms with Crippen molar-refractivity contribution >= 4 is 0 Å². The Balaban J connectivity index is 1.96. The molecule has 0 spiro atoms. The third-order valence-electron chi connectivity index (χ3n) is 3.30. The highest BCUT2D eigenvalue weighted by molar-refractivity contribution is 4.93. The van der Waals surface area contributed by atoms with Crippen molar-refractivity contribution in [2.75, 3.05) is 13.1 Å². The van der Waals surface area contributed by atoms with Gasteiger partial charge in [0.05, 0.1) is 6.54 Å². The summed E-state index contributed by atoms with van der Waals surface area (Å²) in [5, 5.41) is 0. The lowest BCUT2D eigenvalue weighted by Gasteiger charge is -2.36. The Morgan fingerprint density at radius 1 is 1.56 bits per heavy atom.